The van der Waals surface area contributed by atoms with E-state index in [-0.39, 0.29) is 11.5 Å². The van der Waals surface area contributed by atoms with Crippen LogP contribution in [0.2, 0.25) is 5.02 Å². The zero-order chi connectivity index (χ0) is 27.1. The molecule has 0 saturated heterocycles. The maximum atomic E-state index is 12.7. The topological polar surface area (TPSA) is 100 Å². The fourth-order valence-corrected chi connectivity index (χ4v) is 6.63. The maximum absolute atomic E-state index is 12.7. The molecular formula is C29H25ClN2O4S2. The second-order valence-electron chi connectivity index (χ2n) is 8.59. The molecule has 1 N–H and O–H groups in total. The molecule has 0 bridgehead atoms. The highest BCUT2D eigenvalue weighted by Gasteiger charge is 2.21. The number of methoxy groups -OCH3 is 1. The van der Waals surface area contributed by atoms with Gasteiger partial charge in [0.1, 0.15) is 16.8 Å². The molecule has 0 radical (unpaired) electrons. The molecule has 38 heavy (non-hydrogen) atoms. The van der Waals surface area contributed by atoms with Crippen LogP contribution in [0.15, 0.2) is 90.0 Å². The Bertz CT molecular complexity index is 1540. The third kappa shape index (κ3) is 7.15. The zero-order valence-corrected chi connectivity index (χ0v) is 22.9. The van der Waals surface area contributed by atoms with Crippen LogP contribution in [0.3, 0.4) is 0 Å². The lowest BCUT2D eigenvalue weighted by molar-refractivity contribution is 0.222. The van der Waals surface area contributed by atoms with Gasteiger partial charge in [-0.2, -0.15) is 5.26 Å². The molecule has 9 heteroatoms. The van der Waals surface area contributed by atoms with Gasteiger partial charge in [0.15, 0.2) is 9.84 Å². The number of halogens is 1. The van der Waals surface area contributed by atoms with E-state index in [4.69, 9.17) is 21.3 Å². The summed E-state index contributed by atoms with van der Waals surface area (Å²) in [4.78, 5) is 4.73. The maximum Gasteiger partial charge on any atom is 0.157 e. The van der Waals surface area contributed by atoms with Gasteiger partial charge in [0.05, 0.1) is 36.0 Å². The first-order valence-electron chi connectivity index (χ1n) is 11.7. The summed E-state index contributed by atoms with van der Waals surface area (Å²) >= 11 is 7.04. The van der Waals surface area contributed by atoms with Gasteiger partial charge in [-0.05, 0) is 53.6 Å². The molecule has 1 heterocycles. The number of aliphatic hydroxyl groups is 1. The minimum absolute atomic E-state index is 0.0574. The molecule has 4 aromatic rings. The van der Waals surface area contributed by atoms with Crippen LogP contribution in [0.25, 0.3) is 22.4 Å². The van der Waals surface area contributed by atoms with E-state index in [1.165, 1.54) is 0 Å². The standard InChI is InChI=1S/C29H25ClN2O4S2/c1-36-25-13-9-22(10-14-25)28-15-26(21-5-3-2-4-6-21)27(16-31)29(32-28)37-17-24(33)19-38(34,35)18-20-7-11-23(30)12-8-20/h2-15,24,33H,17-19H2,1H3/t24-/m1/s1. The van der Waals surface area contributed by atoms with Crippen LogP contribution in [0.1, 0.15) is 11.1 Å². The van der Waals surface area contributed by atoms with Crippen LogP contribution < -0.4 is 4.74 Å². The Labute approximate surface area is 231 Å². The van der Waals surface area contributed by atoms with Gasteiger partial charge in [0.25, 0.3) is 0 Å². The van der Waals surface area contributed by atoms with Gasteiger partial charge >= 0.3 is 0 Å². The summed E-state index contributed by atoms with van der Waals surface area (Å²) in [6.07, 6.45) is -1.14. The zero-order valence-electron chi connectivity index (χ0n) is 20.5. The van der Waals surface area contributed by atoms with Gasteiger partial charge < -0.3 is 9.84 Å². The Morgan fingerprint density at radius 2 is 1.71 bits per heavy atom. The van der Waals surface area contributed by atoms with Crippen LogP contribution >= 0.6 is 23.4 Å². The van der Waals surface area contributed by atoms with E-state index in [1.807, 2.05) is 60.7 Å². The third-order valence-corrected chi connectivity index (χ3v) is 8.77. The van der Waals surface area contributed by atoms with Crippen LogP contribution in [0.4, 0.5) is 0 Å². The fraction of sp³-hybridized carbons (Fsp3) is 0.172. The van der Waals surface area contributed by atoms with E-state index in [0.717, 1.165) is 22.9 Å². The molecule has 0 saturated carbocycles. The first kappa shape index (κ1) is 27.7. The van der Waals surface area contributed by atoms with E-state index in [2.05, 4.69) is 6.07 Å². The number of nitrogens with zero attached hydrogens (tertiary/aromatic N) is 2. The van der Waals surface area contributed by atoms with Crippen molar-refractivity contribution in [3.63, 3.8) is 0 Å². The Hall–Kier alpha value is -3.35. The normalized spacial score (nSPS) is 12.1. The largest absolute Gasteiger partial charge is 0.497 e. The van der Waals surface area contributed by atoms with Crippen LogP contribution in [-0.4, -0.2) is 43.2 Å². The summed E-state index contributed by atoms with van der Waals surface area (Å²) in [5, 5.41) is 21.6. The first-order chi connectivity index (χ1) is 18.3. The lowest BCUT2D eigenvalue weighted by Crippen LogP contribution is -2.24. The van der Waals surface area contributed by atoms with Gasteiger partial charge in [-0.15, -0.1) is 11.8 Å². The van der Waals surface area contributed by atoms with Gasteiger partial charge in [-0.1, -0.05) is 54.1 Å². The van der Waals surface area contributed by atoms with Gasteiger partial charge in [0, 0.05) is 21.9 Å². The van der Waals surface area contributed by atoms with Crippen molar-refractivity contribution in [2.24, 2.45) is 0 Å². The summed E-state index contributed by atoms with van der Waals surface area (Å²) in [6, 6.07) is 27.7. The van der Waals surface area contributed by atoms with E-state index >= 15 is 0 Å². The van der Waals surface area contributed by atoms with Crippen molar-refractivity contribution in [1.29, 1.82) is 5.26 Å². The summed E-state index contributed by atoms with van der Waals surface area (Å²) < 4.78 is 30.6. The molecule has 0 amide bonds. The Morgan fingerprint density at radius 1 is 1.03 bits per heavy atom. The highest BCUT2D eigenvalue weighted by molar-refractivity contribution is 7.99. The number of aromatic nitrogens is 1. The van der Waals surface area contributed by atoms with Crippen molar-refractivity contribution < 1.29 is 18.3 Å². The number of sulfone groups is 1. The Balaban J connectivity index is 1.59. The number of hydrogen-bond acceptors (Lipinski definition) is 7. The number of pyridine rings is 1. The second kappa shape index (κ2) is 12.5. The van der Waals surface area contributed by atoms with E-state index in [9.17, 15) is 18.8 Å². The number of rotatable bonds is 10. The van der Waals surface area contributed by atoms with Crippen molar-refractivity contribution in [3.05, 3.63) is 101 Å². The molecular weight excluding hydrogens is 540 g/mol. The number of ether oxygens (including phenoxy) is 1. The van der Waals surface area contributed by atoms with E-state index in [0.29, 0.717) is 38.2 Å². The summed E-state index contributed by atoms with van der Waals surface area (Å²) in [6.45, 7) is 0. The summed E-state index contributed by atoms with van der Waals surface area (Å²) in [5.74, 6) is 0.164. The van der Waals surface area contributed by atoms with Crippen LogP contribution in [0, 0.1) is 11.3 Å². The van der Waals surface area contributed by atoms with Crippen molar-refractivity contribution in [3.8, 4) is 34.2 Å². The Morgan fingerprint density at radius 3 is 2.34 bits per heavy atom. The average molecular weight is 565 g/mol. The van der Waals surface area contributed by atoms with Crippen LogP contribution in [-0.2, 0) is 15.6 Å². The second-order valence-corrected chi connectivity index (χ2v) is 12.1. The van der Waals surface area contributed by atoms with Crippen molar-refractivity contribution in [1.82, 2.24) is 4.98 Å². The average Bonchev–Trinajstić information content (AvgIpc) is 2.92. The fourth-order valence-electron chi connectivity index (χ4n) is 3.90. The first-order valence-corrected chi connectivity index (χ1v) is 14.9. The smallest absolute Gasteiger partial charge is 0.157 e. The van der Waals surface area contributed by atoms with Crippen LogP contribution in [0.5, 0.6) is 5.75 Å². The summed E-state index contributed by atoms with van der Waals surface area (Å²) in [7, 11) is -1.98. The molecule has 194 valence electrons. The molecule has 1 aromatic heterocycles. The minimum Gasteiger partial charge on any atom is -0.497 e. The molecule has 0 fully saturated rings. The number of nitriles is 1. The van der Waals surface area contributed by atoms with Gasteiger partial charge in [0.2, 0.25) is 0 Å². The Kier molecular flexibility index (Phi) is 9.08. The predicted octanol–water partition coefficient (Wildman–Crippen LogP) is 6.02. The lowest BCUT2D eigenvalue weighted by Gasteiger charge is -2.15. The molecule has 3 aromatic carbocycles. The molecule has 1 atom stereocenters. The number of hydrogen-bond donors (Lipinski definition) is 1. The number of thioether (sulfide) groups is 1. The summed E-state index contributed by atoms with van der Waals surface area (Å²) in [5.41, 5.74) is 4.02. The van der Waals surface area contributed by atoms with Crippen molar-refractivity contribution in [2.75, 3.05) is 18.6 Å². The highest BCUT2D eigenvalue weighted by atomic mass is 35.5. The molecule has 0 spiro atoms. The molecule has 0 aliphatic heterocycles. The molecule has 0 aliphatic rings. The minimum atomic E-state index is -3.58. The molecule has 6 nitrogen and oxygen atoms in total. The highest BCUT2D eigenvalue weighted by Crippen LogP contribution is 2.35. The van der Waals surface area contributed by atoms with Crippen molar-refractivity contribution >= 4 is 33.2 Å². The lowest BCUT2D eigenvalue weighted by atomic mass is 9.99. The SMILES string of the molecule is COc1ccc(-c2cc(-c3ccccc3)c(C#N)c(SC[C@@H](O)CS(=O)(=O)Cc3ccc(Cl)cc3)n2)cc1. The van der Waals surface area contributed by atoms with Crippen molar-refractivity contribution in [2.45, 2.75) is 16.9 Å². The molecule has 4 rings (SSSR count). The van der Waals surface area contributed by atoms with E-state index < -0.39 is 21.7 Å². The van der Waals surface area contributed by atoms with E-state index in [1.54, 1.807) is 31.4 Å². The molecule has 0 aliphatic carbocycles. The van der Waals surface area contributed by atoms with Gasteiger partial charge in [-0.3, -0.25) is 0 Å². The molecule has 0 unspecified atom stereocenters. The third-order valence-electron chi connectivity index (χ3n) is 5.73. The number of benzene rings is 3. The van der Waals surface area contributed by atoms with Gasteiger partial charge in [-0.25, -0.2) is 13.4 Å². The number of aliphatic hydroxyl groups excluding tert-OH is 1. The quantitative estimate of drug-likeness (QED) is 0.235. The monoisotopic (exact) mass is 564 g/mol. The predicted molar refractivity (Wildman–Crippen MR) is 152 cm³/mol.